The van der Waals surface area contributed by atoms with Crippen molar-refractivity contribution in [2.75, 3.05) is 6.54 Å². The molecular weight excluding hydrogens is 226 g/mol. The number of hydrogen-bond donors (Lipinski definition) is 1. The van der Waals surface area contributed by atoms with Gasteiger partial charge in [0, 0.05) is 12.0 Å². The summed E-state index contributed by atoms with van der Waals surface area (Å²) in [6.07, 6.45) is 1.42. The summed E-state index contributed by atoms with van der Waals surface area (Å²) < 4.78 is 0. The van der Waals surface area contributed by atoms with Crippen molar-refractivity contribution >= 4 is 11.7 Å². The number of carbonyl (C=O) groups is 2. The molecule has 3 nitrogen and oxygen atoms in total. The Morgan fingerprint density at radius 1 is 1.17 bits per heavy atom. The molecule has 3 heteroatoms. The summed E-state index contributed by atoms with van der Waals surface area (Å²) in [4.78, 5) is 22.8. The molecule has 0 aliphatic heterocycles. The van der Waals surface area contributed by atoms with Crippen LogP contribution in [0.15, 0.2) is 24.3 Å². The SMILES string of the molecule is CCC(=O)NCC(=O)c1ccc(CC(C)C)cc1. The van der Waals surface area contributed by atoms with Gasteiger partial charge in [-0.3, -0.25) is 9.59 Å². The molecule has 1 amide bonds. The van der Waals surface area contributed by atoms with Crippen LogP contribution in [0.3, 0.4) is 0 Å². The van der Waals surface area contributed by atoms with Gasteiger partial charge in [0.2, 0.25) is 5.91 Å². The summed E-state index contributed by atoms with van der Waals surface area (Å²) in [6.45, 7) is 6.18. The molecule has 0 fully saturated rings. The quantitative estimate of drug-likeness (QED) is 0.785. The summed E-state index contributed by atoms with van der Waals surface area (Å²) in [6, 6.07) is 7.63. The van der Waals surface area contributed by atoms with E-state index in [-0.39, 0.29) is 18.2 Å². The van der Waals surface area contributed by atoms with E-state index < -0.39 is 0 Å². The highest BCUT2D eigenvalue weighted by atomic mass is 16.2. The molecule has 1 aromatic carbocycles. The van der Waals surface area contributed by atoms with Gasteiger partial charge in [-0.15, -0.1) is 0 Å². The van der Waals surface area contributed by atoms with Gasteiger partial charge < -0.3 is 5.32 Å². The second kappa shape index (κ2) is 6.94. The molecule has 1 aromatic rings. The summed E-state index contributed by atoms with van der Waals surface area (Å²) in [7, 11) is 0. The predicted molar refractivity (Wildman–Crippen MR) is 72.6 cm³/mol. The Bertz CT molecular complexity index is 407. The number of amides is 1. The van der Waals surface area contributed by atoms with Crippen LogP contribution in [-0.2, 0) is 11.2 Å². The minimum Gasteiger partial charge on any atom is -0.349 e. The first-order valence-electron chi connectivity index (χ1n) is 6.41. The van der Waals surface area contributed by atoms with Gasteiger partial charge in [-0.05, 0) is 17.9 Å². The minimum atomic E-state index is -0.0974. The Morgan fingerprint density at radius 3 is 2.28 bits per heavy atom. The van der Waals surface area contributed by atoms with Crippen LogP contribution in [-0.4, -0.2) is 18.2 Å². The Morgan fingerprint density at radius 2 is 1.78 bits per heavy atom. The van der Waals surface area contributed by atoms with Gasteiger partial charge in [0.1, 0.15) is 0 Å². The molecule has 18 heavy (non-hydrogen) atoms. The molecule has 0 heterocycles. The largest absolute Gasteiger partial charge is 0.349 e. The topological polar surface area (TPSA) is 46.2 Å². The summed E-state index contributed by atoms with van der Waals surface area (Å²) in [5, 5.41) is 2.59. The highest BCUT2D eigenvalue weighted by Gasteiger charge is 2.07. The van der Waals surface area contributed by atoms with Crippen LogP contribution in [0.2, 0.25) is 0 Å². The Balaban J connectivity index is 2.56. The molecule has 98 valence electrons. The summed E-state index contributed by atoms with van der Waals surface area (Å²) in [5.41, 5.74) is 1.89. The normalized spacial score (nSPS) is 10.4. The Hall–Kier alpha value is -1.64. The number of hydrogen-bond acceptors (Lipinski definition) is 2. The molecule has 0 atom stereocenters. The highest BCUT2D eigenvalue weighted by molar-refractivity contribution is 5.99. The van der Waals surface area contributed by atoms with Crippen LogP contribution in [0, 0.1) is 5.92 Å². The molecular formula is C15H21NO2. The van der Waals surface area contributed by atoms with Crippen LogP contribution < -0.4 is 5.32 Å². The molecule has 0 aromatic heterocycles. The third-order valence-electron chi connectivity index (χ3n) is 2.69. The van der Waals surface area contributed by atoms with Gasteiger partial charge in [0.05, 0.1) is 6.54 Å². The van der Waals surface area contributed by atoms with E-state index in [1.165, 1.54) is 5.56 Å². The molecule has 0 bridgehead atoms. The van der Waals surface area contributed by atoms with Crippen molar-refractivity contribution in [3.8, 4) is 0 Å². The lowest BCUT2D eigenvalue weighted by molar-refractivity contribution is -0.120. The van der Waals surface area contributed by atoms with Crippen LogP contribution in [0.25, 0.3) is 0 Å². The lowest BCUT2D eigenvalue weighted by atomic mass is 10.0. The zero-order chi connectivity index (χ0) is 13.5. The first-order chi connectivity index (χ1) is 8.52. The Labute approximate surface area is 109 Å². The van der Waals surface area contributed by atoms with Gasteiger partial charge in [-0.1, -0.05) is 45.0 Å². The number of benzene rings is 1. The second-order valence-electron chi connectivity index (χ2n) is 4.85. The fourth-order valence-electron chi connectivity index (χ4n) is 1.70. The van der Waals surface area contributed by atoms with E-state index in [0.717, 1.165) is 6.42 Å². The second-order valence-corrected chi connectivity index (χ2v) is 4.85. The van der Waals surface area contributed by atoms with Gasteiger partial charge >= 0.3 is 0 Å². The maximum absolute atomic E-state index is 11.8. The number of ketones is 1. The number of nitrogens with one attached hydrogen (secondary N) is 1. The summed E-state index contributed by atoms with van der Waals surface area (Å²) in [5.74, 6) is 0.461. The van der Waals surface area contributed by atoms with Crippen LogP contribution in [0.1, 0.15) is 43.1 Å². The monoisotopic (exact) mass is 247 g/mol. The minimum absolute atomic E-state index is 0.0482. The first kappa shape index (κ1) is 14.4. The van der Waals surface area contributed by atoms with E-state index in [2.05, 4.69) is 19.2 Å². The molecule has 0 saturated heterocycles. The van der Waals surface area contributed by atoms with Gasteiger partial charge in [-0.2, -0.15) is 0 Å². The first-order valence-corrected chi connectivity index (χ1v) is 6.41. The van der Waals surface area contributed by atoms with Crippen LogP contribution in [0.4, 0.5) is 0 Å². The third-order valence-corrected chi connectivity index (χ3v) is 2.69. The molecule has 0 aliphatic carbocycles. The third kappa shape index (κ3) is 4.70. The molecule has 0 saturated carbocycles. The zero-order valence-corrected chi connectivity index (χ0v) is 11.3. The van der Waals surface area contributed by atoms with Crippen molar-refractivity contribution < 1.29 is 9.59 Å². The highest BCUT2D eigenvalue weighted by Crippen LogP contribution is 2.10. The van der Waals surface area contributed by atoms with Crippen molar-refractivity contribution in [3.05, 3.63) is 35.4 Å². The lowest BCUT2D eigenvalue weighted by Gasteiger charge is -2.06. The maximum atomic E-state index is 11.8. The molecule has 0 aliphatic rings. The van der Waals surface area contributed by atoms with E-state index in [4.69, 9.17) is 0 Å². The molecule has 0 radical (unpaired) electrons. The fourth-order valence-corrected chi connectivity index (χ4v) is 1.70. The number of Topliss-reactive ketones (excluding diaryl/α,β-unsaturated/α-hetero) is 1. The van der Waals surface area contributed by atoms with Crippen molar-refractivity contribution in [2.45, 2.75) is 33.6 Å². The number of rotatable bonds is 6. The average molecular weight is 247 g/mol. The molecule has 1 rings (SSSR count). The van der Waals surface area contributed by atoms with Crippen LogP contribution in [0.5, 0.6) is 0 Å². The van der Waals surface area contributed by atoms with E-state index in [0.29, 0.717) is 17.9 Å². The van der Waals surface area contributed by atoms with Crippen molar-refractivity contribution in [2.24, 2.45) is 5.92 Å². The van der Waals surface area contributed by atoms with Gasteiger partial charge in [0.25, 0.3) is 0 Å². The molecule has 0 spiro atoms. The van der Waals surface area contributed by atoms with Gasteiger partial charge in [0.15, 0.2) is 5.78 Å². The standard InChI is InChI=1S/C15H21NO2/c1-4-15(18)16-10-14(17)13-7-5-12(6-8-13)9-11(2)3/h5-8,11H,4,9-10H2,1-3H3,(H,16,18). The predicted octanol–water partition coefficient (Wildman–Crippen LogP) is 2.59. The maximum Gasteiger partial charge on any atom is 0.220 e. The number of carbonyl (C=O) groups excluding carboxylic acids is 2. The van der Waals surface area contributed by atoms with E-state index >= 15 is 0 Å². The Kier molecular flexibility index (Phi) is 5.56. The van der Waals surface area contributed by atoms with Crippen molar-refractivity contribution in [1.82, 2.24) is 5.32 Å². The lowest BCUT2D eigenvalue weighted by Crippen LogP contribution is -2.28. The average Bonchev–Trinajstić information content (AvgIpc) is 2.35. The molecule has 0 unspecified atom stereocenters. The van der Waals surface area contributed by atoms with Crippen LogP contribution >= 0.6 is 0 Å². The zero-order valence-electron chi connectivity index (χ0n) is 11.3. The smallest absolute Gasteiger partial charge is 0.220 e. The van der Waals surface area contributed by atoms with Gasteiger partial charge in [-0.25, -0.2) is 0 Å². The fraction of sp³-hybridized carbons (Fsp3) is 0.467. The summed E-state index contributed by atoms with van der Waals surface area (Å²) >= 11 is 0. The van der Waals surface area contributed by atoms with E-state index in [1.807, 2.05) is 24.3 Å². The van der Waals surface area contributed by atoms with E-state index in [9.17, 15) is 9.59 Å². The van der Waals surface area contributed by atoms with Crippen molar-refractivity contribution in [1.29, 1.82) is 0 Å². The van der Waals surface area contributed by atoms with Crippen molar-refractivity contribution in [3.63, 3.8) is 0 Å². The van der Waals surface area contributed by atoms with E-state index in [1.54, 1.807) is 6.92 Å². The molecule has 1 N–H and O–H groups in total.